The van der Waals surface area contributed by atoms with Crippen LogP contribution in [0.25, 0.3) is 0 Å². The summed E-state index contributed by atoms with van der Waals surface area (Å²) in [5.41, 5.74) is 2.57. The zero-order chi connectivity index (χ0) is 23.5. The molecule has 3 atom stereocenters. The number of hydrogen-bond acceptors (Lipinski definition) is 4. The Bertz CT molecular complexity index is 964. The lowest BCUT2D eigenvalue weighted by Gasteiger charge is -2.46. The average molecular weight is 502 g/mol. The number of aliphatic hydroxyl groups excluding tert-OH is 1. The van der Waals surface area contributed by atoms with Gasteiger partial charge in [-0.15, -0.1) is 0 Å². The van der Waals surface area contributed by atoms with Gasteiger partial charge in [-0.1, -0.05) is 46.3 Å². The fraction of sp³-hybridized carbons (Fsp3) is 0.440. The van der Waals surface area contributed by atoms with Gasteiger partial charge < -0.3 is 20.6 Å². The lowest BCUT2D eigenvalue weighted by atomic mass is 9.83. The van der Waals surface area contributed by atoms with Crippen LogP contribution < -0.4 is 15.5 Å². The van der Waals surface area contributed by atoms with Gasteiger partial charge in [-0.2, -0.15) is 0 Å². The standard InChI is InChI=1S/C25H32BrN3O3/c1-16(30)28-21(12-18-8-6-5-7-9-18)24(32)15-27-22-14-25(3,4)29(17(2)31)23-11-10-19(26)13-20(22)23/h5-11,13,21-22,24,27,32H,12,14-15H2,1-4H3,(H,28,30)/t21-,22+,24-/m0/s1. The fourth-order valence-electron chi connectivity index (χ4n) is 4.63. The molecule has 0 bridgehead atoms. The van der Waals surface area contributed by atoms with Crippen molar-refractivity contribution in [2.75, 3.05) is 11.4 Å². The second-order valence-electron chi connectivity index (χ2n) is 9.10. The second kappa shape index (κ2) is 10.1. The summed E-state index contributed by atoms with van der Waals surface area (Å²) in [7, 11) is 0. The molecule has 6 nitrogen and oxygen atoms in total. The van der Waals surface area contributed by atoms with E-state index in [9.17, 15) is 14.7 Å². The van der Waals surface area contributed by atoms with Crippen molar-refractivity contribution >= 4 is 33.4 Å². The summed E-state index contributed by atoms with van der Waals surface area (Å²) < 4.78 is 0.937. The molecular weight excluding hydrogens is 470 g/mol. The first-order valence-corrected chi connectivity index (χ1v) is 11.7. The zero-order valence-electron chi connectivity index (χ0n) is 19.1. The lowest BCUT2D eigenvalue weighted by Crippen LogP contribution is -2.54. The molecule has 1 aliphatic rings. The highest BCUT2D eigenvalue weighted by Crippen LogP contribution is 2.43. The maximum atomic E-state index is 12.4. The number of nitrogens with one attached hydrogen (secondary N) is 2. The van der Waals surface area contributed by atoms with E-state index in [0.29, 0.717) is 19.4 Å². The molecule has 32 heavy (non-hydrogen) atoms. The van der Waals surface area contributed by atoms with Gasteiger partial charge in [0.1, 0.15) is 0 Å². The lowest BCUT2D eigenvalue weighted by molar-refractivity contribution is -0.120. The molecule has 3 rings (SSSR count). The monoisotopic (exact) mass is 501 g/mol. The van der Waals surface area contributed by atoms with Crippen molar-refractivity contribution in [1.29, 1.82) is 0 Å². The number of fused-ring (bicyclic) bond motifs is 1. The Morgan fingerprint density at radius 2 is 1.88 bits per heavy atom. The predicted molar refractivity (Wildman–Crippen MR) is 130 cm³/mol. The molecule has 0 unspecified atom stereocenters. The van der Waals surface area contributed by atoms with Crippen LogP contribution in [0, 0.1) is 0 Å². The van der Waals surface area contributed by atoms with E-state index in [0.717, 1.165) is 21.3 Å². The van der Waals surface area contributed by atoms with Gasteiger partial charge in [0.15, 0.2) is 0 Å². The Hall–Kier alpha value is -2.22. The van der Waals surface area contributed by atoms with E-state index >= 15 is 0 Å². The number of benzene rings is 2. The SMILES string of the molecule is CC(=O)N[C@@H](Cc1ccccc1)[C@@H](O)CN[C@@H]1CC(C)(C)N(C(C)=O)c2ccc(Br)cc21. The fourth-order valence-corrected chi connectivity index (χ4v) is 5.01. The van der Waals surface area contributed by atoms with E-state index in [4.69, 9.17) is 0 Å². The molecule has 2 aromatic rings. The first-order chi connectivity index (χ1) is 15.1. The number of hydrogen-bond donors (Lipinski definition) is 3. The van der Waals surface area contributed by atoms with Crippen LogP contribution in [-0.4, -0.2) is 41.2 Å². The highest BCUT2D eigenvalue weighted by Gasteiger charge is 2.40. The molecule has 0 radical (unpaired) electrons. The molecule has 0 spiro atoms. The first-order valence-electron chi connectivity index (χ1n) is 10.9. The number of carbonyl (C=O) groups excluding carboxylic acids is 2. The Morgan fingerprint density at radius 1 is 1.19 bits per heavy atom. The molecule has 0 aromatic heterocycles. The minimum absolute atomic E-state index is 0.00522. The number of nitrogens with zero attached hydrogens (tertiary/aromatic N) is 1. The van der Waals surface area contributed by atoms with Crippen LogP contribution in [0.3, 0.4) is 0 Å². The summed E-state index contributed by atoms with van der Waals surface area (Å²) in [6.45, 7) is 7.48. The molecule has 0 saturated heterocycles. The maximum Gasteiger partial charge on any atom is 0.224 e. The van der Waals surface area contributed by atoms with Gasteiger partial charge >= 0.3 is 0 Å². The topological polar surface area (TPSA) is 81.7 Å². The number of aliphatic hydroxyl groups is 1. The van der Waals surface area contributed by atoms with Gasteiger partial charge in [-0.3, -0.25) is 9.59 Å². The average Bonchev–Trinajstić information content (AvgIpc) is 2.71. The van der Waals surface area contributed by atoms with Crippen molar-refractivity contribution in [1.82, 2.24) is 10.6 Å². The third-order valence-electron chi connectivity index (χ3n) is 5.95. The van der Waals surface area contributed by atoms with E-state index in [1.54, 1.807) is 6.92 Å². The summed E-state index contributed by atoms with van der Waals surface area (Å²) in [5.74, 6) is -0.166. The van der Waals surface area contributed by atoms with Gasteiger partial charge in [-0.25, -0.2) is 0 Å². The highest BCUT2D eigenvalue weighted by atomic mass is 79.9. The Labute approximate surface area is 198 Å². The van der Waals surface area contributed by atoms with E-state index in [-0.39, 0.29) is 23.4 Å². The Balaban J connectivity index is 1.79. The molecule has 1 aliphatic heterocycles. The number of halogens is 1. The van der Waals surface area contributed by atoms with Crippen LogP contribution in [-0.2, 0) is 16.0 Å². The number of amides is 2. The normalized spacial score (nSPS) is 19.1. The highest BCUT2D eigenvalue weighted by molar-refractivity contribution is 9.10. The first kappa shape index (κ1) is 24.4. The van der Waals surface area contributed by atoms with Crippen molar-refractivity contribution in [2.24, 2.45) is 0 Å². The van der Waals surface area contributed by atoms with Crippen molar-refractivity contribution in [2.45, 2.75) is 64.3 Å². The van der Waals surface area contributed by atoms with Crippen LogP contribution >= 0.6 is 15.9 Å². The minimum Gasteiger partial charge on any atom is -0.390 e. The Kier molecular flexibility index (Phi) is 7.75. The van der Waals surface area contributed by atoms with Crippen LogP contribution in [0.4, 0.5) is 5.69 Å². The van der Waals surface area contributed by atoms with E-state index < -0.39 is 12.1 Å². The molecule has 2 amide bonds. The minimum atomic E-state index is -0.774. The van der Waals surface area contributed by atoms with Gasteiger partial charge in [0, 0.05) is 42.1 Å². The van der Waals surface area contributed by atoms with Gasteiger partial charge in [0.25, 0.3) is 0 Å². The summed E-state index contributed by atoms with van der Waals surface area (Å²) >= 11 is 3.54. The van der Waals surface area contributed by atoms with Crippen molar-refractivity contribution in [3.05, 3.63) is 64.1 Å². The van der Waals surface area contributed by atoms with Crippen LogP contribution in [0.1, 0.15) is 51.3 Å². The van der Waals surface area contributed by atoms with Crippen LogP contribution in [0.15, 0.2) is 53.0 Å². The van der Waals surface area contributed by atoms with Gasteiger partial charge in [0.05, 0.1) is 12.1 Å². The van der Waals surface area contributed by atoms with Gasteiger partial charge in [0.2, 0.25) is 11.8 Å². The quantitative estimate of drug-likeness (QED) is 0.539. The molecule has 7 heteroatoms. The van der Waals surface area contributed by atoms with E-state index in [2.05, 4.69) is 40.4 Å². The number of carbonyl (C=O) groups is 2. The summed E-state index contributed by atoms with van der Waals surface area (Å²) in [5, 5.41) is 17.4. The van der Waals surface area contributed by atoms with E-state index in [1.165, 1.54) is 6.92 Å². The summed E-state index contributed by atoms with van der Waals surface area (Å²) in [4.78, 5) is 26.0. The van der Waals surface area contributed by atoms with Crippen LogP contribution in [0.5, 0.6) is 0 Å². The molecule has 0 fully saturated rings. The molecule has 1 heterocycles. The summed E-state index contributed by atoms with van der Waals surface area (Å²) in [6.07, 6.45) is 0.468. The van der Waals surface area contributed by atoms with Crippen molar-refractivity contribution in [3.63, 3.8) is 0 Å². The predicted octanol–water partition coefficient (Wildman–Crippen LogP) is 3.72. The molecule has 0 saturated carbocycles. The van der Waals surface area contributed by atoms with Crippen molar-refractivity contribution < 1.29 is 14.7 Å². The zero-order valence-corrected chi connectivity index (χ0v) is 20.6. The van der Waals surface area contributed by atoms with E-state index in [1.807, 2.05) is 53.4 Å². The number of rotatable bonds is 7. The van der Waals surface area contributed by atoms with Crippen LogP contribution in [0.2, 0.25) is 0 Å². The van der Waals surface area contributed by atoms with Gasteiger partial charge in [-0.05, 0) is 56.0 Å². The smallest absolute Gasteiger partial charge is 0.224 e. The molecule has 2 aromatic carbocycles. The molecule has 172 valence electrons. The second-order valence-corrected chi connectivity index (χ2v) is 10.0. The number of anilines is 1. The Morgan fingerprint density at radius 3 is 2.50 bits per heavy atom. The molecule has 3 N–H and O–H groups in total. The summed E-state index contributed by atoms with van der Waals surface area (Å²) in [6, 6.07) is 15.3. The maximum absolute atomic E-state index is 12.4. The third kappa shape index (κ3) is 5.77. The molecule has 0 aliphatic carbocycles. The third-order valence-corrected chi connectivity index (χ3v) is 6.45. The molecular formula is C25H32BrN3O3. The van der Waals surface area contributed by atoms with Crippen molar-refractivity contribution in [3.8, 4) is 0 Å². The largest absolute Gasteiger partial charge is 0.390 e.